The van der Waals surface area contributed by atoms with Crippen molar-refractivity contribution in [2.24, 2.45) is 0 Å². The summed E-state index contributed by atoms with van der Waals surface area (Å²) in [5.74, 6) is -3.12. The highest BCUT2D eigenvalue weighted by molar-refractivity contribution is 5.95. The first kappa shape index (κ1) is 21.8. The van der Waals surface area contributed by atoms with Crippen molar-refractivity contribution in [1.29, 1.82) is 0 Å². The molecule has 1 saturated heterocycles. The molecule has 4 rings (SSSR count). The first-order valence-electron chi connectivity index (χ1n) is 10.1. The molecular weight excluding hydrogens is 422 g/mol. The van der Waals surface area contributed by atoms with Gasteiger partial charge in [-0.05, 0) is 7.05 Å². The fourth-order valence-electron chi connectivity index (χ4n) is 3.49. The molecule has 0 bridgehead atoms. The standard InChI is InChI=1S/C20H24F2N8O2/c1-12(31)24-15-9-14-13(11-23-15)18(29-7-5-28(3)6-8-29)27-30(14)16-10-17(32-4)26-19(25-16)20(2,21)22/h9-11H,5-8H2,1-4H3,(H,23,24,31). The van der Waals surface area contributed by atoms with Crippen LogP contribution < -0.4 is 15.0 Å². The smallest absolute Gasteiger partial charge is 0.304 e. The molecule has 3 aromatic rings. The summed E-state index contributed by atoms with van der Waals surface area (Å²) in [5, 5.41) is 8.06. The third-order valence-electron chi connectivity index (χ3n) is 5.16. The molecule has 170 valence electrons. The van der Waals surface area contributed by atoms with Crippen molar-refractivity contribution in [2.75, 3.05) is 50.6 Å². The number of nitrogens with one attached hydrogen (secondary N) is 1. The maximum Gasteiger partial charge on any atom is 0.304 e. The second-order valence-corrected chi connectivity index (χ2v) is 7.77. The van der Waals surface area contributed by atoms with Gasteiger partial charge < -0.3 is 19.9 Å². The number of fused-ring (bicyclic) bond motifs is 1. The lowest BCUT2D eigenvalue weighted by Gasteiger charge is -2.32. The van der Waals surface area contributed by atoms with Gasteiger partial charge in [0.25, 0.3) is 0 Å². The van der Waals surface area contributed by atoms with E-state index in [0.717, 1.165) is 33.1 Å². The number of carbonyl (C=O) groups is 1. The van der Waals surface area contributed by atoms with E-state index in [1.807, 2.05) is 0 Å². The number of amides is 1. The third kappa shape index (κ3) is 4.31. The Bertz CT molecular complexity index is 1150. The van der Waals surface area contributed by atoms with Crippen molar-refractivity contribution >= 4 is 28.4 Å². The van der Waals surface area contributed by atoms with Gasteiger partial charge in [0.15, 0.2) is 11.6 Å². The van der Waals surface area contributed by atoms with E-state index in [2.05, 4.69) is 37.1 Å². The molecule has 1 aliphatic heterocycles. The summed E-state index contributed by atoms with van der Waals surface area (Å²) in [6.45, 7) is 5.33. The maximum atomic E-state index is 14.0. The average molecular weight is 446 g/mol. The molecule has 0 spiro atoms. The number of rotatable bonds is 5. The molecular formula is C20H24F2N8O2. The van der Waals surface area contributed by atoms with Crippen molar-refractivity contribution in [3.63, 3.8) is 0 Å². The van der Waals surface area contributed by atoms with Crippen LogP contribution in [-0.4, -0.2) is 75.9 Å². The Morgan fingerprint density at radius 1 is 1.19 bits per heavy atom. The second kappa shape index (κ2) is 8.26. The lowest BCUT2D eigenvalue weighted by Crippen LogP contribution is -2.44. The Morgan fingerprint density at radius 3 is 2.53 bits per heavy atom. The van der Waals surface area contributed by atoms with Crippen LogP contribution in [0.3, 0.4) is 0 Å². The van der Waals surface area contributed by atoms with Crippen LogP contribution in [0.15, 0.2) is 18.3 Å². The number of hydrogen-bond donors (Lipinski definition) is 1. The minimum absolute atomic E-state index is 0.00698. The molecule has 0 unspecified atom stereocenters. The Hall–Kier alpha value is -3.41. The average Bonchev–Trinajstić information content (AvgIpc) is 3.11. The zero-order valence-corrected chi connectivity index (χ0v) is 18.3. The lowest BCUT2D eigenvalue weighted by atomic mass is 10.2. The number of nitrogens with zero attached hydrogens (tertiary/aromatic N) is 7. The van der Waals surface area contributed by atoms with Gasteiger partial charge in [-0.1, -0.05) is 0 Å². The summed E-state index contributed by atoms with van der Waals surface area (Å²) >= 11 is 0. The molecule has 10 nitrogen and oxygen atoms in total. The number of ether oxygens (including phenoxy) is 1. The highest BCUT2D eigenvalue weighted by Crippen LogP contribution is 2.32. The van der Waals surface area contributed by atoms with E-state index in [0.29, 0.717) is 22.5 Å². The van der Waals surface area contributed by atoms with Crippen molar-refractivity contribution < 1.29 is 18.3 Å². The summed E-state index contributed by atoms with van der Waals surface area (Å²) in [5.41, 5.74) is 0.559. The van der Waals surface area contributed by atoms with Gasteiger partial charge in [0.1, 0.15) is 5.82 Å². The van der Waals surface area contributed by atoms with Crippen LogP contribution in [-0.2, 0) is 10.7 Å². The third-order valence-corrected chi connectivity index (χ3v) is 5.16. The molecule has 1 aliphatic rings. The molecule has 32 heavy (non-hydrogen) atoms. The largest absolute Gasteiger partial charge is 0.481 e. The summed E-state index contributed by atoms with van der Waals surface area (Å²) in [7, 11) is 3.40. The second-order valence-electron chi connectivity index (χ2n) is 7.77. The van der Waals surface area contributed by atoms with Crippen LogP contribution in [0, 0.1) is 0 Å². The van der Waals surface area contributed by atoms with Crippen LogP contribution >= 0.6 is 0 Å². The molecule has 1 amide bonds. The van der Waals surface area contributed by atoms with E-state index < -0.39 is 11.7 Å². The molecule has 0 atom stereocenters. The summed E-state index contributed by atoms with van der Waals surface area (Å²) in [4.78, 5) is 28.0. The fourth-order valence-corrected chi connectivity index (χ4v) is 3.49. The molecule has 0 aromatic carbocycles. The quantitative estimate of drug-likeness (QED) is 0.636. The van der Waals surface area contributed by atoms with E-state index >= 15 is 0 Å². The van der Waals surface area contributed by atoms with Crippen LogP contribution in [0.4, 0.5) is 20.4 Å². The zero-order valence-electron chi connectivity index (χ0n) is 18.3. The van der Waals surface area contributed by atoms with Gasteiger partial charge in [0.2, 0.25) is 17.6 Å². The van der Waals surface area contributed by atoms with Gasteiger partial charge in [-0.2, -0.15) is 13.8 Å². The van der Waals surface area contributed by atoms with Crippen LogP contribution in [0.2, 0.25) is 0 Å². The first-order chi connectivity index (χ1) is 15.2. The minimum atomic E-state index is -3.27. The van der Waals surface area contributed by atoms with Gasteiger partial charge in [0, 0.05) is 58.4 Å². The Morgan fingerprint density at radius 2 is 1.91 bits per heavy atom. The maximum absolute atomic E-state index is 14.0. The van der Waals surface area contributed by atoms with Crippen molar-refractivity contribution in [2.45, 2.75) is 19.8 Å². The van der Waals surface area contributed by atoms with Gasteiger partial charge in [-0.15, -0.1) is 5.10 Å². The number of hydrogen-bond acceptors (Lipinski definition) is 8. The molecule has 0 radical (unpaired) electrons. The number of methoxy groups -OCH3 is 1. The molecule has 12 heteroatoms. The zero-order chi connectivity index (χ0) is 23.0. The summed E-state index contributed by atoms with van der Waals surface area (Å²) in [6, 6.07) is 3.08. The Labute approximate surface area is 183 Å². The van der Waals surface area contributed by atoms with Crippen LogP contribution in [0.5, 0.6) is 5.88 Å². The first-order valence-corrected chi connectivity index (χ1v) is 10.1. The van der Waals surface area contributed by atoms with Gasteiger partial charge >= 0.3 is 5.92 Å². The van der Waals surface area contributed by atoms with E-state index in [1.165, 1.54) is 24.8 Å². The number of anilines is 2. The molecule has 1 fully saturated rings. The summed E-state index contributed by atoms with van der Waals surface area (Å²) < 4.78 is 34.7. The molecule has 0 saturated carbocycles. The van der Waals surface area contributed by atoms with Gasteiger partial charge in [0.05, 0.1) is 18.0 Å². The molecule has 0 aliphatic carbocycles. The number of carbonyl (C=O) groups excluding carboxylic acids is 1. The Balaban J connectivity index is 1.90. The fraction of sp³-hybridized carbons (Fsp3) is 0.450. The highest BCUT2D eigenvalue weighted by Gasteiger charge is 2.30. The highest BCUT2D eigenvalue weighted by atomic mass is 19.3. The summed E-state index contributed by atoms with van der Waals surface area (Å²) in [6.07, 6.45) is 1.62. The van der Waals surface area contributed by atoms with E-state index in [4.69, 9.17) is 9.84 Å². The van der Waals surface area contributed by atoms with Crippen LogP contribution in [0.1, 0.15) is 19.7 Å². The number of aromatic nitrogens is 5. The minimum Gasteiger partial charge on any atom is -0.481 e. The Kier molecular flexibility index (Phi) is 5.63. The lowest BCUT2D eigenvalue weighted by molar-refractivity contribution is -0.114. The predicted molar refractivity (Wildman–Crippen MR) is 115 cm³/mol. The number of piperazine rings is 1. The molecule has 1 N–H and O–H groups in total. The monoisotopic (exact) mass is 446 g/mol. The van der Waals surface area contributed by atoms with E-state index in [1.54, 1.807) is 12.3 Å². The topological polar surface area (TPSA) is 101 Å². The van der Waals surface area contributed by atoms with Crippen molar-refractivity contribution in [1.82, 2.24) is 29.6 Å². The van der Waals surface area contributed by atoms with Crippen LogP contribution in [0.25, 0.3) is 16.7 Å². The van der Waals surface area contributed by atoms with Crippen molar-refractivity contribution in [3.8, 4) is 11.7 Å². The van der Waals surface area contributed by atoms with Crippen molar-refractivity contribution in [3.05, 3.63) is 24.2 Å². The van der Waals surface area contributed by atoms with Gasteiger partial charge in [-0.3, -0.25) is 4.79 Å². The SMILES string of the molecule is COc1cc(-n2nc(N3CCN(C)CC3)c3cnc(NC(C)=O)cc32)nc(C(C)(F)F)n1. The number of pyridine rings is 1. The number of likely N-dealkylation sites (N-methyl/N-ethyl adjacent to an activating group) is 1. The normalized spacial score (nSPS) is 15.2. The van der Waals surface area contributed by atoms with E-state index in [-0.39, 0.29) is 17.6 Å². The number of alkyl halides is 2. The molecule has 3 aromatic heterocycles. The van der Waals surface area contributed by atoms with E-state index in [9.17, 15) is 13.6 Å². The predicted octanol–water partition coefficient (Wildman–Crippen LogP) is 2.04. The van der Waals surface area contributed by atoms with Gasteiger partial charge in [-0.25, -0.2) is 14.6 Å². The molecule has 4 heterocycles. The number of halogens is 2.